The topological polar surface area (TPSA) is 64.3 Å². The summed E-state index contributed by atoms with van der Waals surface area (Å²) in [5.41, 5.74) is 4.85. The molecule has 0 heterocycles. The van der Waals surface area contributed by atoms with Crippen molar-refractivity contribution in [3.05, 3.63) is 0 Å². The minimum atomic E-state index is -0.498. The molecule has 0 saturated heterocycles. The van der Waals surface area contributed by atoms with E-state index in [-0.39, 0.29) is 17.0 Å². The fourth-order valence-corrected chi connectivity index (χ4v) is 1.14. The highest BCUT2D eigenvalue weighted by molar-refractivity contribution is 7.80. The maximum atomic E-state index is 11.7. The molecule has 0 aromatic rings. The van der Waals surface area contributed by atoms with Crippen LogP contribution in [-0.2, 0) is 9.53 Å². The Balaban J connectivity index is 4.50. The van der Waals surface area contributed by atoms with Crippen molar-refractivity contribution in [2.75, 3.05) is 0 Å². The molecule has 0 rings (SSSR count). The fourth-order valence-electron chi connectivity index (χ4n) is 1.02. The second-order valence-electron chi connectivity index (χ2n) is 4.76. The van der Waals surface area contributed by atoms with Gasteiger partial charge < -0.3 is 15.8 Å². The first-order valence-corrected chi connectivity index (χ1v) is 5.33. The van der Waals surface area contributed by atoms with E-state index in [2.05, 4.69) is 5.32 Å². The molecular weight excluding hydrogens is 212 g/mol. The monoisotopic (exact) mass is 232 g/mol. The van der Waals surface area contributed by atoms with Crippen LogP contribution in [0.2, 0.25) is 0 Å². The van der Waals surface area contributed by atoms with Gasteiger partial charge in [-0.2, -0.15) is 0 Å². The molecule has 15 heavy (non-hydrogen) atoms. The molecule has 0 saturated carbocycles. The highest BCUT2D eigenvalue weighted by Crippen LogP contribution is 2.12. The van der Waals surface area contributed by atoms with Crippen LogP contribution < -0.4 is 11.1 Å². The average molecular weight is 232 g/mol. The lowest BCUT2D eigenvalue weighted by Gasteiger charge is -2.26. The van der Waals surface area contributed by atoms with E-state index >= 15 is 0 Å². The molecule has 0 radical (unpaired) electrons. The van der Waals surface area contributed by atoms with E-state index < -0.39 is 11.6 Å². The van der Waals surface area contributed by atoms with E-state index in [1.54, 1.807) is 0 Å². The first kappa shape index (κ1) is 14.2. The molecule has 0 aromatic carbocycles. The number of ether oxygens (including phenoxy) is 1. The zero-order chi connectivity index (χ0) is 12.2. The van der Waals surface area contributed by atoms with Crippen molar-refractivity contribution < 1.29 is 9.53 Å². The number of esters is 1. The first-order valence-electron chi connectivity index (χ1n) is 4.92. The first-order chi connectivity index (χ1) is 6.63. The van der Waals surface area contributed by atoms with Gasteiger partial charge in [0.25, 0.3) is 0 Å². The zero-order valence-electron chi connectivity index (χ0n) is 9.96. The summed E-state index contributed by atoms with van der Waals surface area (Å²) in [5, 5.41) is 2.85. The fraction of sp³-hybridized carbons (Fsp3) is 0.800. The molecule has 0 aliphatic carbocycles. The molecule has 0 aromatic heterocycles. The van der Waals surface area contributed by atoms with E-state index in [1.807, 2.05) is 34.6 Å². The molecule has 0 unspecified atom stereocenters. The van der Waals surface area contributed by atoms with Crippen molar-refractivity contribution in [1.82, 2.24) is 5.32 Å². The Bertz CT molecular complexity index is 246. The highest BCUT2D eigenvalue weighted by atomic mass is 32.1. The molecule has 0 spiro atoms. The number of hydrogen-bond donors (Lipinski definition) is 2. The molecule has 0 fully saturated rings. The van der Waals surface area contributed by atoms with Gasteiger partial charge in [0, 0.05) is 0 Å². The third kappa shape index (κ3) is 6.28. The minimum absolute atomic E-state index is 0.0707. The third-order valence-corrected chi connectivity index (χ3v) is 1.74. The van der Waals surface area contributed by atoms with Gasteiger partial charge in [0.2, 0.25) is 0 Å². The maximum Gasteiger partial charge on any atom is 0.329 e. The number of rotatable bonds is 3. The second kappa shape index (κ2) is 5.30. The molecule has 0 amide bonds. The van der Waals surface area contributed by atoms with Crippen LogP contribution in [0.5, 0.6) is 0 Å². The molecule has 0 aliphatic rings. The maximum absolute atomic E-state index is 11.7. The zero-order valence-corrected chi connectivity index (χ0v) is 10.8. The van der Waals surface area contributed by atoms with Gasteiger partial charge in [-0.05, 0) is 38.9 Å². The normalized spacial score (nSPS) is 13.5. The highest BCUT2D eigenvalue weighted by Gasteiger charge is 2.27. The molecule has 88 valence electrons. The number of carbonyl (C=O) groups excluding carboxylic acids is 1. The second-order valence-corrected chi connectivity index (χ2v) is 5.20. The van der Waals surface area contributed by atoms with E-state index in [0.29, 0.717) is 0 Å². The number of nitrogens with two attached hydrogens (primary N) is 1. The lowest BCUT2D eigenvalue weighted by molar-refractivity contribution is -0.158. The lowest BCUT2D eigenvalue weighted by Crippen LogP contribution is -2.48. The van der Waals surface area contributed by atoms with Crippen LogP contribution in [-0.4, -0.2) is 22.7 Å². The van der Waals surface area contributed by atoms with Crippen LogP contribution in [0.4, 0.5) is 0 Å². The summed E-state index contributed by atoms with van der Waals surface area (Å²) in [6.07, 6.45) is 0. The Morgan fingerprint density at radius 3 is 2.13 bits per heavy atom. The smallest absolute Gasteiger partial charge is 0.329 e. The molecule has 3 N–H and O–H groups in total. The molecule has 5 heteroatoms. The van der Waals surface area contributed by atoms with Gasteiger partial charge in [-0.3, -0.25) is 0 Å². The van der Waals surface area contributed by atoms with E-state index in [9.17, 15) is 4.79 Å². The summed E-state index contributed by atoms with van der Waals surface area (Å²) in [7, 11) is 0. The third-order valence-electron chi connectivity index (χ3n) is 1.63. The molecular formula is C10H20N2O2S. The largest absolute Gasteiger partial charge is 0.458 e. The average Bonchev–Trinajstić information content (AvgIpc) is 1.95. The van der Waals surface area contributed by atoms with Crippen LogP contribution in [0.15, 0.2) is 0 Å². The predicted octanol–water partition coefficient (Wildman–Crippen LogP) is 1.19. The van der Waals surface area contributed by atoms with Crippen LogP contribution in [0.1, 0.15) is 34.6 Å². The van der Waals surface area contributed by atoms with Gasteiger partial charge in [-0.15, -0.1) is 0 Å². The van der Waals surface area contributed by atoms with Crippen molar-refractivity contribution >= 4 is 23.3 Å². The van der Waals surface area contributed by atoms with E-state index in [4.69, 9.17) is 22.7 Å². The Morgan fingerprint density at radius 1 is 1.40 bits per heavy atom. The Morgan fingerprint density at radius 2 is 1.87 bits per heavy atom. The van der Waals surface area contributed by atoms with Crippen molar-refractivity contribution in [2.45, 2.75) is 46.3 Å². The van der Waals surface area contributed by atoms with Crippen molar-refractivity contribution in [3.8, 4) is 0 Å². The molecule has 1 atom stereocenters. The van der Waals surface area contributed by atoms with Gasteiger partial charge in [0.1, 0.15) is 11.6 Å². The minimum Gasteiger partial charge on any atom is -0.458 e. The summed E-state index contributed by atoms with van der Waals surface area (Å²) in [5.74, 6) is -0.258. The lowest BCUT2D eigenvalue weighted by atomic mass is 10.0. The quantitative estimate of drug-likeness (QED) is 0.565. The van der Waals surface area contributed by atoms with Crippen molar-refractivity contribution in [3.63, 3.8) is 0 Å². The van der Waals surface area contributed by atoms with Crippen molar-refractivity contribution in [1.29, 1.82) is 0 Å². The van der Waals surface area contributed by atoms with Gasteiger partial charge in [-0.25, -0.2) is 4.79 Å². The Kier molecular flexibility index (Phi) is 5.00. The molecule has 4 nitrogen and oxygen atoms in total. The van der Waals surface area contributed by atoms with Gasteiger partial charge in [-0.1, -0.05) is 13.8 Å². The summed E-state index contributed by atoms with van der Waals surface area (Å²) < 4.78 is 5.25. The van der Waals surface area contributed by atoms with E-state index in [1.165, 1.54) is 0 Å². The Labute approximate surface area is 96.5 Å². The molecule has 0 bridgehead atoms. The van der Waals surface area contributed by atoms with Gasteiger partial charge in [0.15, 0.2) is 5.11 Å². The predicted molar refractivity (Wildman–Crippen MR) is 64.4 cm³/mol. The number of carbonyl (C=O) groups is 1. The van der Waals surface area contributed by atoms with Gasteiger partial charge >= 0.3 is 5.97 Å². The van der Waals surface area contributed by atoms with Gasteiger partial charge in [0.05, 0.1) is 0 Å². The van der Waals surface area contributed by atoms with E-state index in [0.717, 1.165) is 0 Å². The summed E-state index contributed by atoms with van der Waals surface area (Å²) in [6, 6.07) is -0.485. The Hall–Kier alpha value is -0.840. The number of nitrogens with one attached hydrogen (secondary N) is 1. The number of thiocarbonyl (C=S) groups is 1. The summed E-state index contributed by atoms with van der Waals surface area (Å²) in [6.45, 7) is 9.27. The summed E-state index contributed by atoms with van der Waals surface area (Å²) in [4.78, 5) is 11.7. The number of hydrogen-bond acceptors (Lipinski definition) is 3. The van der Waals surface area contributed by atoms with Crippen LogP contribution >= 0.6 is 12.2 Å². The standard InChI is InChI=1S/C10H20N2O2S/c1-6(2)7(12-9(11)15)8(13)14-10(3,4)5/h6-7H,1-5H3,(H3,11,12,15)/t7-/m0/s1. The van der Waals surface area contributed by atoms with Crippen molar-refractivity contribution in [2.24, 2.45) is 11.7 Å². The summed E-state index contributed by atoms with van der Waals surface area (Å²) >= 11 is 4.71. The van der Waals surface area contributed by atoms with Crippen LogP contribution in [0, 0.1) is 5.92 Å². The molecule has 0 aliphatic heterocycles. The SMILES string of the molecule is CC(C)[C@H](NC(N)=S)C(=O)OC(C)(C)C. The van der Waals surface area contributed by atoms with Crippen LogP contribution in [0.3, 0.4) is 0 Å². The van der Waals surface area contributed by atoms with Crippen LogP contribution in [0.25, 0.3) is 0 Å².